The Morgan fingerprint density at radius 1 is 0.238 bits per heavy atom. The fourth-order valence-corrected chi connectivity index (χ4v) is 14.2. The first-order valence-electron chi connectivity index (χ1n) is 42.3. The standard InChI is InChI=1S/3C21H21BO3.C21H21B.2C5H13BO2.C4H11BO2.C3H9BO2/c1-23-19-10-4-16(5-11-19)22(17-6-12-20(24-2)13-7-17)18-8-14-21(25-3)15-9-18;1-23-19-10-4-7-16(13-19)22(17-8-5-11-20(14-17)24-2)18-9-6-12-21(15-18)25-3;1-23-19-13-7-4-10-16(19)22(17-11-5-8-14-20(17)24-2)18-12-6-9-15-21(18)25-3;1-16-10-4-7-13-19(16)22(20-14-8-5-11-17(20)2)21-15-9-6-12-18(21)3;1-5(2)6(7-3)8-4;1-4-5-6(7-2)8-3;1-4-5(6-2)7-3;1-4(5-2)6-3/h3*4-15H,1-3H3;4-15H,1-3H3;5H,1-4H3;4-5H2,1-3H3;4H2,1-3H3;1-3H3. The molecule has 126 heavy (non-hydrogen) atoms. The number of rotatable bonds is 33. The molecule has 0 spiro atoms. The third kappa shape index (κ3) is 33.4. The van der Waals surface area contributed by atoms with Crippen LogP contribution in [0.15, 0.2) is 291 Å². The van der Waals surface area contributed by atoms with Crippen LogP contribution in [0.1, 0.15) is 50.8 Å². The minimum atomic E-state index is -0.0663. The molecular formula is C101H130B8O17. The van der Waals surface area contributed by atoms with Crippen molar-refractivity contribution in [2.24, 2.45) is 0 Å². The van der Waals surface area contributed by atoms with Gasteiger partial charge in [-0.15, -0.1) is 0 Å². The molecule has 0 saturated heterocycles. The molecule has 0 bridgehead atoms. The SMILES string of the molecule is CCB(OC)OC.CCCB(OC)OC.COB(C)OC.COB(OC)C(C)C.COc1ccc(B(c2ccc(OC)cc2)c2ccc(OC)cc2)cc1.COc1cccc(B(c2cccc(OC)c2)c2cccc(OC)c2)c1.COc1ccccc1B(c1ccccc1OC)c1ccccc1OC.Cc1ccccc1B(c1ccccc1C)c1ccccc1C. The van der Waals surface area contributed by atoms with E-state index in [4.69, 9.17) is 70.6 Å². The summed E-state index contributed by atoms with van der Waals surface area (Å²) >= 11 is 0. The summed E-state index contributed by atoms with van der Waals surface area (Å²) in [5.41, 5.74) is 18.5. The van der Waals surface area contributed by atoms with Crippen molar-refractivity contribution in [2.45, 2.75) is 80.2 Å². The molecule has 0 unspecified atom stereocenters. The van der Waals surface area contributed by atoms with E-state index in [0.29, 0.717) is 12.5 Å². The Balaban J connectivity index is 0.000000269. The van der Waals surface area contributed by atoms with E-state index in [1.165, 1.54) is 49.5 Å². The molecule has 0 aliphatic rings. The van der Waals surface area contributed by atoms with Crippen LogP contribution >= 0.6 is 0 Å². The van der Waals surface area contributed by atoms with Gasteiger partial charge in [0.15, 0.2) is 0 Å². The second-order valence-electron chi connectivity index (χ2n) is 29.3. The number of methoxy groups -OCH3 is 9. The van der Waals surface area contributed by atoms with Crippen LogP contribution in [0.2, 0.25) is 25.3 Å². The van der Waals surface area contributed by atoms with Crippen LogP contribution in [-0.4, -0.2) is 176 Å². The summed E-state index contributed by atoms with van der Waals surface area (Å²) in [5, 5.41) is 0. The van der Waals surface area contributed by atoms with Crippen LogP contribution in [-0.2, 0) is 37.2 Å². The Morgan fingerprint density at radius 3 is 0.698 bits per heavy atom. The van der Waals surface area contributed by atoms with Gasteiger partial charge in [0, 0.05) is 56.9 Å². The third-order valence-electron chi connectivity index (χ3n) is 21.1. The zero-order valence-electron chi connectivity index (χ0n) is 79.0. The molecule has 12 rings (SSSR count). The van der Waals surface area contributed by atoms with Gasteiger partial charge in [-0.2, -0.15) is 0 Å². The summed E-state index contributed by atoms with van der Waals surface area (Å²) in [7, 11) is 28.1. The van der Waals surface area contributed by atoms with Crippen molar-refractivity contribution < 1.29 is 79.9 Å². The van der Waals surface area contributed by atoms with Crippen molar-refractivity contribution in [1.82, 2.24) is 0 Å². The molecule has 0 heterocycles. The summed E-state index contributed by atoms with van der Waals surface area (Å²) in [6.45, 7) is 17.1. The number of ether oxygens (including phenoxy) is 9. The summed E-state index contributed by atoms with van der Waals surface area (Å²) in [4.78, 5) is 0. The molecule has 0 radical (unpaired) electrons. The summed E-state index contributed by atoms with van der Waals surface area (Å²) in [5.74, 6) is 8.03. The minimum absolute atomic E-state index is 0.000000000000000444. The molecule has 0 fully saturated rings. The first kappa shape index (κ1) is 106. The first-order valence-corrected chi connectivity index (χ1v) is 42.3. The fourth-order valence-electron chi connectivity index (χ4n) is 14.2. The third-order valence-corrected chi connectivity index (χ3v) is 21.1. The van der Waals surface area contributed by atoms with Gasteiger partial charge in [0.05, 0.1) is 64.0 Å². The lowest BCUT2D eigenvalue weighted by Gasteiger charge is -2.22. The molecule has 0 aromatic heterocycles. The molecule has 0 aliphatic heterocycles. The number of para-hydroxylation sites is 3. The van der Waals surface area contributed by atoms with E-state index < -0.39 is 0 Å². The van der Waals surface area contributed by atoms with E-state index in [2.05, 4.69) is 215 Å². The highest BCUT2D eigenvalue weighted by molar-refractivity contribution is 6.98. The van der Waals surface area contributed by atoms with Crippen LogP contribution < -0.4 is 108 Å². The predicted octanol–water partition coefficient (Wildman–Crippen LogP) is 13.4. The smallest absolute Gasteiger partial charge is 0.459 e. The van der Waals surface area contributed by atoms with Gasteiger partial charge in [-0.05, 0) is 153 Å². The molecule has 25 heteroatoms. The number of hydrogen-bond acceptors (Lipinski definition) is 17. The lowest BCUT2D eigenvalue weighted by Crippen LogP contribution is -2.54. The maximum Gasteiger partial charge on any atom is 0.459 e. The molecule has 12 aromatic carbocycles. The average molecular weight is 1700 g/mol. The van der Waals surface area contributed by atoms with Crippen LogP contribution in [0.3, 0.4) is 0 Å². The zero-order chi connectivity index (χ0) is 92.1. The quantitative estimate of drug-likeness (QED) is 0.0358. The lowest BCUT2D eigenvalue weighted by molar-refractivity contribution is 0.269. The Bertz CT molecular complexity index is 4490. The second-order valence-corrected chi connectivity index (χ2v) is 29.3. The van der Waals surface area contributed by atoms with Gasteiger partial charge in [-0.3, -0.25) is 0 Å². The predicted molar refractivity (Wildman–Crippen MR) is 535 cm³/mol. The van der Waals surface area contributed by atoms with Crippen molar-refractivity contribution in [3.05, 3.63) is 308 Å². The normalized spacial score (nSPS) is 10.0. The molecule has 0 atom stereocenters. The maximum atomic E-state index is 5.63. The topological polar surface area (TPSA) is 157 Å². The van der Waals surface area contributed by atoms with Crippen LogP contribution in [0.5, 0.6) is 51.7 Å². The Hall–Kier alpha value is -11.0. The monoisotopic (exact) mass is 1700 g/mol. The molecule has 0 N–H and O–H groups in total. The molecule has 660 valence electrons. The number of aryl methyl sites for hydroxylation is 3. The summed E-state index contributed by atoms with van der Waals surface area (Å²) in [6.07, 6.45) is 2.99. The molecular weight excluding hydrogens is 1570 g/mol. The molecule has 17 nitrogen and oxygen atoms in total. The highest BCUT2D eigenvalue weighted by Crippen LogP contribution is 2.20. The van der Waals surface area contributed by atoms with Gasteiger partial charge in [-0.25, -0.2) is 0 Å². The van der Waals surface area contributed by atoms with Crippen molar-refractivity contribution >= 4 is 121 Å². The van der Waals surface area contributed by atoms with Crippen molar-refractivity contribution in [1.29, 1.82) is 0 Å². The maximum absolute atomic E-state index is 5.63. The molecule has 0 amide bonds. The highest BCUT2D eigenvalue weighted by Gasteiger charge is 2.32. The molecule has 0 saturated carbocycles. The van der Waals surface area contributed by atoms with E-state index in [1.807, 2.05) is 141 Å². The van der Waals surface area contributed by atoms with E-state index in [0.717, 1.165) is 104 Å². The van der Waals surface area contributed by atoms with Gasteiger partial charge >= 0.3 is 28.5 Å². The van der Waals surface area contributed by atoms with Crippen LogP contribution in [0.25, 0.3) is 0 Å². The first-order chi connectivity index (χ1) is 61.2. The van der Waals surface area contributed by atoms with E-state index >= 15 is 0 Å². The van der Waals surface area contributed by atoms with Gasteiger partial charge < -0.3 is 79.9 Å². The molecule has 12 aromatic rings. The molecule has 0 aliphatic carbocycles. The minimum Gasteiger partial charge on any atom is -0.497 e. The second kappa shape index (κ2) is 59.8. The number of hydrogen-bond donors (Lipinski definition) is 0. The summed E-state index contributed by atoms with van der Waals surface area (Å²) < 4.78 is 87.7. The average Bonchev–Trinajstić information content (AvgIpc) is 0.788. The Morgan fingerprint density at radius 2 is 0.500 bits per heavy atom. The lowest BCUT2D eigenvalue weighted by atomic mass is 9.35. The Kier molecular flexibility index (Phi) is 50.1. The van der Waals surface area contributed by atoms with Gasteiger partial charge in [0.25, 0.3) is 6.71 Å². The highest BCUT2D eigenvalue weighted by atomic mass is 16.6. The van der Waals surface area contributed by atoms with Crippen molar-refractivity contribution in [2.75, 3.05) is 121 Å². The van der Waals surface area contributed by atoms with E-state index in [1.54, 1.807) is 121 Å². The van der Waals surface area contributed by atoms with Crippen molar-refractivity contribution in [3.8, 4) is 51.7 Å². The fraction of sp³-hybridized carbons (Fsp3) is 0.287. The van der Waals surface area contributed by atoms with Gasteiger partial charge in [-0.1, -0.05) is 300 Å². The van der Waals surface area contributed by atoms with Crippen LogP contribution in [0, 0.1) is 20.8 Å². The number of benzene rings is 12. The Labute approximate surface area is 756 Å². The largest absolute Gasteiger partial charge is 0.497 e. The van der Waals surface area contributed by atoms with Crippen molar-refractivity contribution in [3.63, 3.8) is 0 Å². The van der Waals surface area contributed by atoms with Gasteiger partial charge in [0.2, 0.25) is 20.1 Å². The van der Waals surface area contributed by atoms with Gasteiger partial charge in [0.1, 0.15) is 51.7 Å². The zero-order valence-corrected chi connectivity index (χ0v) is 79.0. The van der Waals surface area contributed by atoms with E-state index in [9.17, 15) is 0 Å². The van der Waals surface area contributed by atoms with E-state index in [-0.39, 0.29) is 48.6 Å². The summed E-state index contributed by atoms with van der Waals surface area (Å²) in [6, 6.07) is 99.5. The van der Waals surface area contributed by atoms with Crippen LogP contribution in [0.4, 0.5) is 0 Å².